The lowest BCUT2D eigenvalue weighted by molar-refractivity contribution is -0.116. The van der Waals surface area contributed by atoms with Gasteiger partial charge in [-0.15, -0.1) is 0 Å². The molecule has 3 rings (SSSR count). The standard InChI is InChI=1S/C16H11BrCl2N2O3/c17-9-1-3-12(11(19)7-9)20-15(22)5-6-21-13-4-2-10(18)8-14(13)24-16(21)23/h1-4,7-8H,5-6H2,(H,20,22). The summed E-state index contributed by atoms with van der Waals surface area (Å²) in [7, 11) is 0. The number of amides is 1. The molecule has 5 nitrogen and oxygen atoms in total. The first-order chi connectivity index (χ1) is 11.4. The van der Waals surface area contributed by atoms with E-state index in [9.17, 15) is 9.59 Å². The first kappa shape index (κ1) is 17.1. The lowest BCUT2D eigenvalue weighted by atomic mass is 10.3. The fourth-order valence-electron chi connectivity index (χ4n) is 2.27. The average molecular weight is 430 g/mol. The summed E-state index contributed by atoms with van der Waals surface area (Å²) in [6.45, 7) is 0.188. The number of oxazole rings is 1. The molecule has 1 aromatic heterocycles. The number of halogens is 3. The third-order valence-electron chi connectivity index (χ3n) is 3.40. The second-order valence-corrected chi connectivity index (χ2v) is 6.81. The second kappa shape index (κ2) is 7.01. The zero-order valence-corrected chi connectivity index (χ0v) is 15.3. The molecule has 124 valence electrons. The van der Waals surface area contributed by atoms with Crippen molar-refractivity contribution in [2.24, 2.45) is 0 Å². The molecule has 0 aliphatic heterocycles. The topological polar surface area (TPSA) is 64.2 Å². The van der Waals surface area contributed by atoms with Gasteiger partial charge in [0.05, 0.1) is 16.2 Å². The van der Waals surface area contributed by atoms with Crippen LogP contribution in [0.4, 0.5) is 5.69 Å². The molecule has 3 aromatic rings. The smallest absolute Gasteiger partial charge is 0.408 e. The molecular weight excluding hydrogens is 419 g/mol. The number of aryl methyl sites for hydroxylation is 1. The monoisotopic (exact) mass is 428 g/mol. The van der Waals surface area contributed by atoms with E-state index in [1.807, 2.05) is 0 Å². The molecule has 0 saturated carbocycles. The van der Waals surface area contributed by atoms with Crippen molar-refractivity contribution in [3.8, 4) is 0 Å². The molecule has 1 heterocycles. The van der Waals surface area contributed by atoms with E-state index in [-0.39, 0.29) is 18.9 Å². The van der Waals surface area contributed by atoms with Crippen LogP contribution in [0.15, 0.2) is 50.1 Å². The van der Waals surface area contributed by atoms with Gasteiger partial charge in [-0.3, -0.25) is 9.36 Å². The SMILES string of the molecule is O=C(CCn1c(=O)oc2cc(Cl)ccc21)Nc1ccc(Br)cc1Cl. The lowest BCUT2D eigenvalue weighted by Gasteiger charge is -2.08. The third-order valence-corrected chi connectivity index (χ3v) is 4.44. The van der Waals surface area contributed by atoms with Gasteiger partial charge >= 0.3 is 5.76 Å². The molecule has 0 bridgehead atoms. The molecule has 0 aliphatic rings. The van der Waals surface area contributed by atoms with Crippen molar-refractivity contribution in [1.82, 2.24) is 4.57 Å². The van der Waals surface area contributed by atoms with E-state index in [1.54, 1.807) is 36.4 Å². The normalized spacial score (nSPS) is 11.0. The van der Waals surface area contributed by atoms with Crippen molar-refractivity contribution < 1.29 is 9.21 Å². The molecule has 24 heavy (non-hydrogen) atoms. The molecule has 0 spiro atoms. The van der Waals surface area contributed by atoms with Gasteiger partial charge in [0, 0.05) is 28.5 Å². The van der Waals surface area contributed by atoms with Gasteiger partial charge in [0.2, 0.25) is 5.91 Å². The molecule has 0 unspecified atom stereocenters. The minimum atomic E-state index is -0.526. The van der Waals surface area contributed by atoms with E-state index >= 15 is 0 Å². The van der Waals surface area contributed by atoms with E-state index in [2.05, 4.69) is 21.2 Å². The highest BCUT2D eigenvalue weighted by atomic mass is 79.9. The Morgan fingerprint density at radius 2 is 2.00 bits per heavy atom. The average Bonchev–Trinajstić information content (AvgIpc) is 2.82. The molecule has 0 atom stereocenters. The van der Waals surface area contributed by atoms with Crippen molar-refractivity contribution in [3.63, 3.8) is 0 Å². The Labute approximate surface area is 155 Å². The van der Waals surface area contributed by atoms with E-state index in [0.29, 0.717) is 26.8 Å². The molecule has 2 aromatic carbocycles. The Morgan fingerprint density at radius 1 is 1.21 bits per heavy atom. The van der Waals surface area contributed by atoms with Crippen LogP contribution in [0.1, 0.15) is 6.42 Å². The number of aromatic nitrogens is 1. The van der Waals surface area contributed by atoms with Gasteiger partial charge in [-0.25, -0.2) is 4.79 Å². The highest BCUT2D eigenvalue weighted by Gasteiger charge is 2.12. The molecule has 1 N–H and O–H groups in total. The number of fused-ring (bicyclic) bond motifs is 1. The first-order valence-corrected chi connectivity index (χ1v) is 8.53. The molecule has 0 aliphatic carbocycles. The minimum Gasteiger partial charge on any atom is -0.408 e. The van der Waals surface area contributed by atoms with Crippen LogP contribution in [0.3, 0.4) is 0 Å². The molecule has 1 amide bonds. The predicted molar refractivity (Wildman–Crippen MR) is 97.9 cm³/mol. The third kappa shape index (κ3) is 3.66. The predicted octanol–water partition coefficient (Wildman–Crippen LogP) is 4.69. The van der Waals surface area contributed by atoms with Crippen LogP contribution >= 0.6 is 39.1 Å². The van der Waals surface area contributed by atoms with Gasteiger partial charge in [-0.05, 0) is 30.3 Å². The summed E-state index contributed by atoms with van der Waals surface area (Å²) >= 11 is 15.2. The first-order valence-electron chi connectivity index (χ1n) is 6.98. The van der Waals surface area contributed by atoms with Crippen molar-refractivity contribution in [2.45, 2.75) is 13.0 Å². The lowest BCUT2D eigenvalue weighted by Crippen LogP contribution is -2.19. The maximum absolute atomic E-state index is 12.1. The van der Waals surface area contributed by atoms with Crippen LogP contribution in [-0.4, -0.2) is 10.5 Å². The van der Waals surface area contributed by atoms with E-state index in [1.165, 1.54) is 4.57 Å². The number of carbonyl (C=O) groups is 1. The Balaban J connectivity index is 1.73. The Bertz CT molecular complexity index is 981. The number of benzene rings is 2. The highest BCUT2D eigenvalue weighted by molar-refractivity contribution is 9.10. The van der Waals surface area contributed by atoms with E-state index in [4.69, 9.17) is 27.6 Å². The fraction of sp³-hybridized carbons (Fsp3) is 0.125. The summed E-state index contributed by atoms with van der Waals surface area (Å²) in [5.74, 6) is -0.781. The quantitative estimate of drug-likeness (QED) is 0.654. The second-order valence-electron chi connectivity index (χ2n) is 5.05. The van der Waals surface area contributed by atoms with Crippen molar-refractivity contribution in [3.05, 3.63) is 61.5 Å². The molecule has 8 heteroatoms. The largest absolute Gasteiger partial charge is 0.419 e. The number of hydrogen-bond acceptors (Lipinski definition) is 3. The number of hydrogen-bond donors (Lipinski definition) is 1. The van der Waals surface area contributed by atoms with Crippen molar-refractivity contribution in [2.75, 3.05) is 5.32 Å². The van der Waals surface area contributed by atoms with Crippen LogP contribution in [0.25, 0.3) is 11.1 Å². The summed E-state index contributed by atoms with van der Waals surface area (Å²) in [6.07, 6.45) is 0.101. The summed E-state index contributed by atoms with van der Waals surface area (Å²) in [5.41, 5.74) is 1.50. The van der Waals surface area contributed by atoms with Gasteiger partial charge in [0.1, 0.15) is 0 Å². The van der Waals surface area contributed by atoms with Gasteiger partial charge in [0.25, 0.3) is 0 Å². The van der Waals surface area contributed by atoms with E-state index in [0.717, 1.165) is 4.47 Å². The summed E-state index contributed by atoms with van der Waals surface area (Å²) < 4.78 is 7.34. The number of carbonyl (C=O) groups excluding carboxylic acids is 1. The van der Waals surface area contributed by atoms with E-state index < -0.39 is 5.76 Å². The fourth-order valence-corrected chi connectivity index (χ4v) is 3.15. The summed E-state index contributed by atoms with van der Waals surface area (Å²) in [4.78, 5) is 24.0. The molecule has 0 saturated heterocycles. The Hall–Kier alpha value is -1.76. The zero-order chi connectivity index (χ0) is 17.3. The Morgan fingerprint density at radius 3 is 2.75 bits per heavy atom. The maximum atomic E-state index is 12.1. The Kier molecular flexibility index (Phi) is 4.99. The molecular formula is C16H11BrCl2N2O3. The van der Waals surface area contributed by atoms with Crippen LogP contribution in [0.5, 0.6) is 0 Å². The van der Waals surface area contributed by atoms with Gasteiger partial charge in [-0.2, -0.15) is 0 Å². The van der Waals surface area contributed by atoms with Crippen LogP contribution in [-0.2, 0) is 11.3 Å². The van der Waals surface area contributed by atoms with Crippen molar-refractivity contribution in [1.29, 1.82) is 0 Å². The highest BCUT2D eigenvalue weighted by Crippen LogP contribution is 2.25. The van der Waals surface area contributed by atoms with Crippen LogP contribution in [0, 0.1) is 0 Å². The molecule has 0 radical (unpaired) electrons. The number of nitrogens with zero attached hydrogens (tertiary/aromatic N) is 1. The van der Waals surface area contributed by atoms with Gasteiger partial charge in [0.15, 0.2) is 5.58 Å². The number of nitrogens with one attached hydrogen (secondary N) is 1. The number of rotatable bonds is 4. The maximum Gasteiger partial charge on any atom is 0.419 e. The van der Waals surface area contributed by atoms with Crippen LogP contribution in [0.2, 0.25) is 10.0 Å². The van der Waals surface area contributed by atoms with Crippen LogP contribution < -0.4 is 11.1 Å². The van der Waals surface area contributed by atoms with Gasteiger partial charge in [-0.1, -0.05) is 39.1 Å². The number of anilines is 1. The zero-order valence-electron chi connectivity index (χ0n) is 12.2. The van der Waals surface area contributed by atoms with Gasteiger partial charge < -0.3 is 9.73 Å². The van der Waals surface area contributed by atoms with Crippen molar-refractivity contribution >= 4 is 61.8 Å². The molecule has 0 fully saturated rings. The summed E-state index contributed by atoms with van der Waals surface area (Å²) in [6, 6.07) is 10.1. The summed E-state index contributed by atoms with van der Waals surface area (Å²) in [5, 5.41) is 3.62. The minimum absolute atomic E-state index is 0.101.